The first-order valence-electron chi connectivity index (χ1n) is 11.1. The zero-order valence-electron chi connectivity index (χ0n) is 17.0. The molecule has 1 fully saturated rings. The lowest BCUT2D eigenvalue weighted by molar-refractivity contribution is 0.223. The van der Waals surface area contributed by atoms with Gasteiger partial charge in [-0.25, -0.2) is 13.2 Å². The Hall–Kier alpha value is -1.51. The van der Waals surface area contributed by atoms with Crippen molar-refractivity contribution in [2.75, 3.05) is 0 Å². The van der Waals surface area contributed by atoms with Crippen molar-refractivity contribution in [1.82, 2.24) is 0 Å². The highest BCUT2D eigenvalue weighted by Crippen LogP contribution is 2.47. The minimum Gasteiger partial charge on any atom is -0.226 e. The second kappa shape index (κ2) is 9.80. The normalized spacial score (nSPS) is 28.0. The molecule has 3 rings (SSSR count). The van der Waals surface area contributed by atoms with E-state index in [1.54, 1.807) is 12.1 Å². The van der Waals surface area contributed by atoms with Crippen molar-refractivity contribution in [2.24, 2.45) is 5.92 Å². The summed E-state index contributed by atoms with van der Waals surface area (Å²) in [4.78, 5) is 0. The molecule has 0 aliphatic heterocycles. The Morgan fingerprint density at radius 1 is 0.964 bits per heavy atom. The summed E-state index contributed by atoms with van der Waals surface area (Å²) < 4.78 is 43.7. The van der Waals surface area contributed by atoms with Crippen LogP contribution in [0.4, 0.5) is 13.2 Å². The Morgan fingerprint density at radius 2 is 1.68 bits per heavy atom. The van der Waals surface area contributed by atoms with E-state index in [1.165, 1.54) is 38.5 Å². The molecule has 28 heavy (non-hydrogen) atoms. The second-order valence-electron chi connectivity index (χ2n) is 8.57. The van der Waals surface area contributed by atoms with Gasteiger partial charge < -0.3 is 0 Å². The third kappa shape index (κ3) is 4.90. The Bertz CT molecular complexity index is 697. The number of benzene rings is 1. The Labute approximate surface area is 167 Å². The molecule has 0 amide bonds. The monoisotopic (exact) mass is 390 g/mol. The van der Waals surface area contributed by atoms with Gasteiger partial charge in [0.1, 0.15) is 11.7 Å². The second-order valence-corrected chi connectivity index (χ2v) is 8.57. The zero-order chi connectivity index (χ0) is 20.0. The van der Waals surface area contributed by atoms with Crippen molar-refractivity contribution in [1.29, 1.82) is 0 Å². The summed E-state index contributed by atoms with van der Waals surface area (Å²) in [5.41, 5.74) is -1.34. The molecule has 0 spiro atoms. The summed E-state index contributed by atoms with van der Waals surface area (Å²) in [6.45, 7) is 2.24. The molecule has 0 bridgehead atoms. The van der Waals surface area contributed by atoms with Crippen molar-refractivity contribution in [2.45, 2.75) is 89.1 Å². The van der Waals surface area contributed by atoms with Crippen LogP contribution in [0.15, 0.2) is 48.1 Å². The van der Waals surface area contributed by atoms with E-state index in [9.17, 15) is 8.78 Å². The third-order valence-electron chi connectivity index (χ3n) is 6.53. The minimum atomic E-state index is -2.46. The summed E-state index contributed by atoms with van der Waals surface area (Å²) in [5.74, 6) is -0.507. The molecule has 1 saturated carbocycles. The lowest BCUT2D eigenvalue weighted by Crippen LogP contribution is -2.25. The van der Waals surface area contributed by atoms with Crippen LogP contribution in [0.5, 0.6) is 0 Å². The van der Waals surface area contributed by atoms with Gasteiger partial charge >= 0.3 is 0 Å². The van der Waals surface area contributed by atoms with Crippen molar-refractivity contribution in [3.8, 4) is 0 Å². The van der Waals surface area contributed by atoms with E-state index in [0.29, 0.717) is 0 Å². The standard InChI is InChI=1S/C25H33F3/c1-2-3-4-5-6-9-19-12-14-20(15-13-19)22-10-7-8-11-23(22)25(28)18-21(26)16-17-24(25)27/h7-8,10-11,17-20H,2-6,9,12-16H2,1H3/t19-,20-,25?. The molecular weight excluding hydrogens is 357 g/mol. The summed E-state index contributed by atoms with van der Waals surface area (Å²) in [7, 11) is 0. The predicted molar refractivity (Wildman–Crippen MR) is 110 cm³/mol. The molecule has 154 valence electrons. The average molecular weight is 391 g/mol. The predicted octanol–water partition coefficient (Wildman–Crippen LogP) is 8.60. The van der Waals surface area contributed by atoms with E-state index in [4.69, 9.17) is 0 Å². The van der Waals surface area contributed by atoms with Crippen molar-refractivity contribution >= 4 is 0 Å². The number of unbranched alkanes of at least 4 members (excludes halogenated alkanes) is 4. The lowest BCUT2D eigenvalue weighted by atomic mass is 9.73. The fraction of sp³-hybridized carbons (Fsp3) is 0.600. The maximum absolute atomic E-state index is 15.5. The van der Waals surface area contributed by atoms with E-state index in [0.717, 1.165) is 49.3 Å². The van der Waals surface area contributed by atoms with E-state index in [-0.39, 0.29) is 17.9 Å². The highest BCUT2D eigenvalue weighted by Gasteiger charge is 2.41. The molecule has 1 atom stereocenters. The third-order valence-corrected chi connectivity index (χ3v) is 6.53. The lowest BCUT2D eigenvalue weighted by Gasteiger charge is -2.33. The van der Waals surface area contributed by atoms with Crippen molar-refractivity contribution in [3.63, 3.8) is 0 Å². The van der Waals surface area contributed by atoms with Gasteiger partial charge in [0.25, 0.3) is 0 Å². The van der Waals surface area contributed by atoms with Crippen LogP contribution in [0.25, 0.3) is 0 Å². The Balaban J connectivity index is 1.65. The Morgan fingerprint density at radius 3 is 2.43 bits per heavy atom. The van der Waals surface area contributed by atoms with Crippen LogP contribution in [0.1, 0.15) is 94.6 Å². The Kier molecular flexibility index (Phi) is 7.42. The van der Waals surface area contributed by atoms with Crippen molar-refractivity contribution < 1.29 is 13.2 Å². The zero-order valence-corrected chi connectivity index (χ0v) is 17.0. The number of hydrogen-bond donors (Lipinski definition) is 0. The molecule has 0 heterocycles. The number of hydrogen-bond acceptors (Lipinski definition) is 0. The largest absolute Gasteiger partial charge is 0.226 e. The van der Waals surface area contributed by atoms with Crippen LogP contribution in [0, 0.1) is 5.92 Å². The number of allylic oxidation sites excluding steroid dienone is 4. The van der Waals surface area contributed by atoms with Gasteiger partial charge in [-0.3, -0.25) is 0 Å². The fourth-order valence-corrected chi connectivity index (χ4v) is 4.87. The molecule has 2 aliphatic carbocycles. The van der Waals surface area contributed by atoms with E-state index in [2.05, 4.69) is 6.92 Å². The summed E-state index contributed by atoms with van der Waals surface area (Å²) in [6, 6.07) is 7.12. The van der Waals surface area contributed by atoms with E-state index < -0.39 is 17.3 Å². The van der Waals surface area contributed by atoms with Crippen LogP contribution in [0.3, 0.4) is 0 Å². The minimum absolute atomic E-state index is 0.164. The van der Waals surface area contributed by atoms with Gasteiger partial charge in [0.05, 0.1) is 0 Å². The first-order valence-corrected chi connectivity index (χ1v) is 11.1. The van der Waals surface area contributed by atoms with Gasteiger partial charge in [-0.05, 0) is 55.2 Å². The molecule has 0 aromatic heterocycles. The summed E-state index contributed by atoms with van der Waals surface area (Å²) >= 11 is 0. The molecule has 0 N–H and O–H groups in total. The fourth-order valence-electron chi connectivity index (χ4n) is 4.87. The molecule has 1 unspecified atom stereocenters. The van der Waals surface area contributed by atoms with Gasteiger partial charge in [-0.1, -0.05) is 69.7 Å². The van der Waals surface area contributed by atoms with Crippen LogP contribution in [-0.2, 0) is 5.67 Å². The van der Waals surface area contributed by atoms with Gasteiger partial charge in [0, 0.05) is 12.0 Å². The highest BCUT2D eigenvalue weighted by atomic mass is 19.2. The SMILES string of the molecule is CCCCCCC[C@H]1CC[C@H](c2ccccc2C2(F)C=C(F)CC=C2F)CC1. The van der Waals surface area contributed by atoms with Gasteiger partial charge in [-0.2, -0.15) is 0 Å². The maximum Gasteiger partial charge on any atom is 0.207 e. The average Bonchev–Trinajstić information content (AvgIpc) is 2.71. The van der Waals surface area contributed by atoms with Crippen LogP contribution in [0.2, 0.25) is 0 Å². The number of halogens is 3. The van der Waals surface area contributed by atoms with Gasteiger partial charge in [-0.15, -0.1) is 0 Å². The van der Waals surface area contributed by atoms with E-state index in [1.807, 2.05) is 12.1 Å². The van der Waals surface area contributed by atoms with Crippen LogP contribution >= 0.6 is 0 Å². The quantitative estimate of drug-likeness (QED) is 0.390. The smallest absolute Gasteiger partial charge is 0.207 e. The molecular formula is C25H33F3. The maximum atomic E-state index is 15.5. The highest BCUT2D eigenvalue weighted by molar-refractivity contribution is 5.45. The number of rotatable bonds is 8. The summed E-state index contributed by atoms with van der Waals surface area (Å²) in [5, 5.41) is 0. The molecule has 3 heteroatoms. The molecule has 2 aliphatic rings. The molecule has 0 radical (unpaired) electrons. The number of alkyl halides is 1. The molecule has 0 saturated heterocycles. The molecule has 1 aromatic rings. The van der Waals surface area contributed by atoms with Crippen LogP contribution in [-0.4, -0.2) is 0 Å². The van der Waals surface area contributed by atoms with Crippen molar-refractivity contribution in [3.05, 3.63) is 59.2 Å². The van der Waals surface area contributed by atoms with Gasteiger partial charge in [0.15, 0.2) is 0 Å². The van der Waals surface area contributed by atoms with E-state index >= 15 is 4.39 Å². The topological polar surface area (TPSA) is 0 Å². The molecule has 0 nitrogen and oxygen atoms in total. The first-order chi connectivity index (χ1) is 13.5. The first kappa shape index (κ1) is 21.2. The summed E-state index contributed by atoms with van der Waals surface area (Å²) in [6.07, 6.45) is 13.8. The van der Waals surface area contributed by atoms with Crippen LogP contribution < -0.4 is 0 Å². The van der Waals surface area contributed by atoms with Gasteiger partial charge in [0.2, 0.25) is 5.67 Å². The molecule has 1 aromatic carbocycles.